The van der Waals surface area contributed by atoms with E-state index < -0.39 is 10.0 Å². The molecule has 0 aliphatic carbocycles. The van der Waals surface area contributed by atoms with Gasteiger partial charge in [0.2, 0.25) is 0 Å². The molecule has 1 aromatic heterocycles. The number of pyridine rings is 1. The SMILES string of the molecule is CNCc1ccc(S(=O)(=O)NC(C)CCC(C)C)nc1. The molecule has 114 valence electrons. The molecule has 0 aliphatic rings. The van der Waals surface area contributed by atoms with Crippen LogP contribution in [-0.2, 0) is 16.6 Å². The smallest absolute Gasteiger partial charge is 0.258 e. The van der Waals surface area contributed by atoms with Crippen LogP contribution in [0.15, 0.2) is 23.4 Å². The van der Waals surface area contributed by atoms with E-state index in [9.17, 15) is 8.42 Å². The molecule has 0 amide bonds. The van der Waals surface area contributed by atoms with Crippen LogP contribution in [0.5, 0.6) is 0 Å². The summed E-state index contributed by atoms with van der Waals surface area (Å²) < 4.78 is 27.0. The first-order chi connectivity index (χ1) is 9.35. The maximum atomic E-state index is 12.2. The molecule has 2 N–H and O–H groups in total. The molecule has 20 heavy (non-hydrogen) atoms. The molecule has 0 saturated heterocycles. The summed E-state index contributed by atoms with van der Waals surface area (Å²) in [7, 11) is -1.68. The van der Waals surface area contributed by atoms with Crippen molar-refractivity contribution in [3.05, 3.63) is 23.9 Å². The lowest BCUT2D eigenvalue weighted by Gasteiger charge is -2.15. The highest BCUT2D eigenvalue weighted by atomic mass is 32.2. The number of nitrogens with one attached hydrogen (secondary N) is 2. The fraction of sp³-hybridized carbons (Fsp3) is 0.643. The van der Waals surface area contributed by atoms with Crippen molar-refractivity contribution in [2.45, 2.75) is 51.2 Å². The van der Waals surface area contributed by atoms with Gasteiger partial charge in [-0.05, 0) is 44.4 Å². The molecule has 6 heteroatoms. The number of rotatable bonds is 8. The van der Waals surface area contributed by atoms with E-state index in [4.69, 9.17) is 0 Å². The van der Waals surface area contributed by atoms with Crippen molar-refractivity contribution in [3.8, 4) is 0 Å². The summed E-state index contributed by atoms with van der Waals surface area (Å²) in [6.07, 6.45) is 3.41. The van der Waals surface area contributed by atoms with Gasteiger partial charge < -0.3 is 5.32 Å². The lowest BCUT2D eigenvalue weighted by atomic mass is 10.1. The summed E-state index contributed by atoms with van der Waals surface area (Å²) in [5.41, 5.74) is 0.958. The number of aromatic nitrogens is 1. The Morgan fingerprint density at radius 3 is 2.40 bits per heavy atom. The van der Waals surface area contributed by atoms with Gasteiger partial charge in [0, 0.05) is 18.8 Å². The Hall–Kier alpha value is -0.980. The molecule has 0 radical (unpaired) electrons. The monoisotopic (exact) mass is 299 g/mol. The van der Waals surface area contributed by atoms with Gasteiger partial charge in [-0.25, -0.2) is 18.1 Å². The molecule has 1 atom stereocenters. The molecule has 0 aliphatic heterocycles. The Balaban J connectivity index is 2.68. The summed E-state index contributed by atoms with van der Waals surface area (Å²) in [6, 6.07) is 3.24. The summed E-state index contributed by atoms with van der Waals surface area (Å²) in [5.74, 6) is 0.570. The van der Waals surface area contributed by atoms with Crippen LogP contribution in [0.3, 0.4) is 0 Å². The Bertz CT molecular complexity index is 498. The van der Waals surface area contributed by atoms with Gasteiger partial charge in [0.15, 0.2) is 5.03 Å². The molecule has 1 rings (SSSR count). The summed E-state index contributed by atoms with van der Waals surface area (Å²) in [6.45, 7) is 6.81. The fourth-order valence-corrected chi connectivity index (χ4v) is 3.05. The van der Waals surface area contributed by atoms with Gasteiger partial charge in [0.25, 0.3) is 10.0 Å². The van der Waals surface area contributed by atoms with Gasteiger partial charge in [-0.2, -0.15) is 0 Å². The third kappa shape index (κ3) is 5.56. The maximum absolute atomic E-state index is 12.2. The van der Waals surface area contributed by atoms with Gasteiger partial charge in [-0.3, -0.25) is 0 Å². The van der Waals surface area contributed by atoms with Crippen LogP contribution in [0.4, 0.5) is 0 Å². The summed E-state index contributed by atoms with van der Waals surface area (Å²) in [5, 5.41) is 3.07. The Labute approximate surface area is 122 Å². The van der Waals surface area contributed by atoms with Gasteiger partial charge in [0.05, 0.1) is 0 Å². The van der Waals surface area contributed by atoms with Gasteiger partial charge >= 0.3 is 0 Å². The largest absolute Gasteiger partial charge is 0.316 e. The predicted octanol–water partition coefficient (Wildman–Crippen LogP) is 1.90. The van der Waals surface area contributed by atoms with Crippen LogP contribution in [-0.4, -0.2) is 26.5 Å². The summed E-state index contributed by atoms with van der Waals surface area (Å²) >= 11 is 0. The van der Waals surface area contributed by atoms with E-state index in [1.54, 1.807) is 18.3 Å². The molecule has 1 aromatic rings. The molecular formula is C14H25N3O2S. The third-order valence-corrected chi connectivity index (χ3v) is 4.49. The molecule has 0 aromatic carbocycles. The molecular weight excluding hydrogens is 274 g/mol. The van der Waals surface area contributed by atoms with E-state index in [-0.39, 0.29) is 11.1 Å². The van der Waals surface area contributed by atoms with Crippen LogP contribution in [0, 0.1) is 5.92 Å². The van der Waals surface area contributed by atoms with Crippen LogP contribution in [0.25, 0.3) is 0 Å². The average molecular weight is 299 g/mol. The third-order valence-electron chi connectivity index (χ3n) is 2.99. The standard InChI is InChI=1S/C14H25N3O2S/c1-11(2)5-6-12(3)17-20(18,19)14-8-7-13(9-15-4)10-16-14/h7-8,10-12,15,17H,5-6,9H2,1-4H3. The van der Waals surface area contributed by atoms with Crippen molar-refractivity contribution in [2.75, 3.05) is 7.05 Å². The molecule has 0 fully saturated rings. The number of nitrogens with zero attached hydrogens (tertiary/aromatic N) is 1. The zero-order valence-corrected chi connectivity index (χ0v) is 13.5. The highest BCUT2D eigenvalue weighted by Gasteiger charge is 2.18. The van der Waals surface area contributed by atoms with Crippen molar-refractivity contribution in [3.63, 3.8) is 0 Å². The first kappa shape index (κ1) is 17.1. The second kappa shape index (κ2) is 7.71. The van der Waals surface area contributed by atoms with E-state index in [1.807, 2.05) is 14.0 Å². The number of hydrogen-bond donors (Lipinski definition) is 2. The molecule has 0 bridgehead atoms. The van der Waals surface area contributed by atoms with Crippen LogP contribution >= 0.6 is 0 Å². The quantitative estimate of drug-likeness (QED) is 0.769. The van der Waals surface area contributed by atoms with Crippen molar-refractivity contribution >= 4 is 10.0 Å². The van der Waals surface area contributed by atoms with E-state index in [0.717, 1.165) is 18.4 Å². The lowest BCUT2D eigenvalue weighted by Crippen LogP contribution is -2.33. The van der Waals surface area contributed by atoms with E-state index in [0.29, 0.717) is 12.5 Å². The van der Waals surface area contributed by atoms with Crippen LogP contribution < -0.4 is 10.0 Å². The minimum Gasteiger partial charge on any atom is -0.316 e. The Kier molecular flexibility index (Phi) is 6.58. The molecule has 0 spiro atoms. The fourth-order valence-electron chi connectivity index (χ4n) is 1.85. The van der Waals surface area contributed by atoms with Crippen molar-refractivity contribution < 1.29 is 8.42 Å². The number of sulfonamides is 1. The second-order valence-electron chi connectivity index (χ2n) is 5.53. The van der Waals surface area contributed by atoms with Crippen molar-refractivity contribution in [1.82, 2.24) is 15.0 Å². The Morgan fingerprint density at radius 2 is 1.90 bits per heavy atom. The first-order valence-electron chi connectivity index (χ1n) is 6.97. The first-order valence-corrected chi connectivity index (χ1v) is 8.45. The predicted molar refractivity (Wildman–Crippen MR) is 80.9 cm³/mol. The van der Waals surface area contributed by atoms with Crippen molar-refractivity contribution in [1.29, 1.82) is 0 Å². The van der Waals surface area contributed by atoms with Crippen LogP contribution in [0.1, 0.15) is 39.2 Å². The molecule has 0 saturated carbocycles. The van der Waals surface area contributed by atoms with Crippen molar-refractivity contribution in [2.24, 2.45) is 5.92 Å². The van der Waals surface area contributed by atoms with Gasteiger partial charge in [-0.1, -0.05) is 19.9 Å². The highest BCUT2D eigenvalue weighted by molar-refractivity contribution is 7.89. The molecule has 5 nitrogen and oxygen atoms in total. The van der Waals surface area contributed by atoms with E-state index in [1.165, 1.54) is 0 Å². The van der Waals surface area contributed by atoms with Crippen LogP contribution in [0.2, 0.25) is 0 Å². The zero-order valence-electron chi connectivity index (χ0n) is 12.7. The minimum absolute atomic E-state index is 0.0775. The normalized spacial score (nSPS) is 13.7. The lowest BCUT2D eigenvalue weighted by molar-refractivity contribution is 0.484. The van der Waals surface area contributed by atoms with Gasteiger partial charge in [0.1, 0.15) is 0 Å². The topological polar surface area (TPSA) is 71.1 Å². The number of hydrogen-bond acceptors (Lipinski definition) is 4. The average Bonchev–Trinajstić information content (AvgIpc) is 2.37. The summed E-state index contributed by atoms with van der Waals surface area (Å²) in [4.78, 5) is 4.03. The van der Waals surface area contributed by atoms with E-state index in [2.05, 4.69) is 28.9 Å². The minimum atomic E-state index is -3.52. The Morgan fingerprint density at radius 1 is 1.20 bits per heavy atom. The zero-order chi connectivity index (χ0) is 15.2. The maximum Gasteiger partial charge on any atom is 0.258 e. The highest BCUT2D eigenvalue weighted by Crippen LogP contribution is 2.11. The van der Waals surface area contributed by atoms with E-state index >= 15 is 0 Å². The molecule has 1 heterocycles. The van der Waals surface area contributed by atoms with Gasteiger partial charge in [-0.15, -0.1) is 0 Å². The molecule has 1 unspecified atom stereocenters. The second-order valence-corrected chi connectivity index (χ2v) is 7.19.